The van der Waals surface area contributed by atoms with Crippen molar-refractivity contribution in [1.29, 1.82) is 0 Å². The van der Waals surface area contributed by atoms with Gasteiger partial charge in [-0.2, -0.15) is 0 Å². The summed E-state index contributed by atoms with van der Waals surface area (Å²) in [5.74, 6) is 1.34. The van der Waals surface area contributed by atoms with E-state index in [9.17, 15) is 9.18 Å². The normalized spacial score (nSPS) is 18.4. The van der Waals surface area contributed by atoms with Crippen molar-refractivity contribution < 1.29 is 23.4 Å². The second-order valence-corrected chi connectivity index (χ2v) is 8.53. The van der Waals surface area contributed by atoms with Gasteiger partial charge in [0.15, 0.2) is 11.5 Å². The smallest absolute Gasteiger partial charge is 0.254 e. The third-order valence-corrected chi connectivity index (χ3v) is 5.46. The van der Waals surface area contributed by atoms with E-state index in [1.54, 1.807) is 18.2 Å². The number of hydrogen-bond donors (Lipinski definition) is 0. The summed E-state index contributed by atoms with van der Waals surface area (Å²) in [6.07, 6.45) is -0.0779. The molecule has 31 heavy (non-hydrogen) atoms. The topological polar surface area (TPSA) is 51.2 Å². The van der Waals surface area contributed by atoms with E-state index >= 15 is 0 Å². The quantitative estimate of drug-likeness (QED) is 0.675. The number of carbonyl (C=O) groups excluding carboxylic acids is 1. The molecule has 2 aromatic carbocycles. The van der Waals surface area contributed by atoms with E-state index in [2.05, 4.69) is 18.7 Å². The van der Waals surface area contributed by atoms with Gasteiger partial charge in [0, 0.05) is 38.3 Å². The highest BCUT2D eigenvalue weighted by Crippen LogP contribution is 2.33. The van der Waals surface area contributed by atoms with Gasteiger partial charge in [-0.1, -0.05) is 26.0 Å². The summed E-state index contributed by atoms with van der Waals surface area (Å²) in [5, 5.41) is 0. The van der Waals surface area contributed by atoms with Crippen molar-refractivity contribution in [2.75, 3.05) is 39.6 Å². The Morgan fingerprint density at radius 2 is 1.94 bits per heavy atom. The lowest BCUT2D eigenvalue weighted by Crippen LogP contribution is -2.49. The maximum atomic E-state index is 13.3. The van der Waals surface area contributed by atoms with Gasteiger partial charge in [-0.15, -0.1) is 0 Å². The van der Waals surface area contributed by atoms with Gasteiger partial charge < -0.3 is 19.1 Å². The molecule has 1 fully saturated rings. The van der Waals surface area contributed by atoms with E-state index in [4.69, 9.17) is 14.2 Å². The van der Waals surface area contributed by atoms with Gasteiger partial charge in [0.05, 0.1) is 12.7 Å². The maximum absolute atomic E-state index is 13.3. The lowest BCUT2D eigenvalue weighted by atomic mass is 10.1. The summed E-state index contributed by atoms with van der Waals surface area (Å²) in [6, 6.07) is 11.9. The van der Waals surface area contributed by atoms with Crippen molar-refractivity contribution in [2.45, 2.75) is 26.5 Å². The number of amides is 1. The average molecular weight is 429 g/mol. The zero-order valence-corrected chi connectivity index (χ0v) is 18.1. The van der Waals surface area contributed by atoms with Crippen LogP contribution in [0.5, 0.6) is 11.5 Å². The molecule has 1 unspecified atom stereocenters. The first-order valence-corrected chi connectivity index (χ1v) is 10.8. The van der Waals surface area contributed by atoms with Crippen molar-refractivity contribution >= 4 is 5.91 Å². The first-order chi connectivity index (χ1) is 15.0. The number of fused-ring (bicyclic) bond motifs is 1. The number of ether oxygens (including phenoxy) is 3. The van der Waals surface area contributed by atoms with Gasteiger partial charge in [-0.25, -0.2) is 4.39 Å². The Labute approximate surface area is 182 Å². The Balaban J connectivity index is 1.42. The van der Waals surface area contributed by atoms with Crippen molar-refractivity contribution in [2.24, 2.45) is 5.92 Å². The highest BCUT2D eigenvalue weighted by molar-refractivity contribution is 5.95. The molecule has 4 rings (SSSR count). The largest absolute Gasteiger partial charge is 0.454 e. The molecule has 166 valence electrons. The molecule has 0 aromatic heterocycles. The number of halogens is 1. The predicted octanol–water partition coefficient (Wildman–Crippen LogP) is 3.55. The Morgan fingerprint density at radius 3 is 2.71 bits per heavy atom. The third-order valence-electron chi connectivity index (χ3n) is 5.46. The van der Waals surface area contributed by atoms with Gasteiger partial charge in [-0.3, -0.25) is 9.69 Å². The molecule has 0 saturated carbocycles. The van der Waals surface area contributed by atoms with Crippen LogP contribution in [0.3, 0.4) is 0 Å². The van der Waals surface area contributed by atoms with Crippen molar-refractivity contribution in [3.63, 3.8) is 0 Å². The van der Waals surface area contributed by atoms with Crippen LogP contribution in [-0.2, 0) is 11.3 Å². The summed E-state index contributed by atoms with van der Waals surface area (Å²) >= 11 is 0. The summed E-state index contributed by atoms with van der Waals surface area (Å²) in [7, 11) is 0. The minimum atomic E-state index is -0.227. The minimum absolute atomic E-state index is 0.0359. The van der Waals surface area contributed by atoms with Crippen LogP contribution in [0.4, 0.5) is 4.39 Å². The Bertz CT molecular complexity index is 903. The van der Waals surface area contributed by atoms with E-state index in [1.165, 1.54) is 12.1 Å². The molecule has 0 spiro atoms. The molecule has 2 heterocycles. The number of rotatable bonds is 7. The number of carbonyl (C=O) groups is 1. The molecule has 2 aliphatic rings. The first-order valence-electron chi connectivity index (χ1n) is 10.8. The Kier molecular flexibility index (Phi) is 6.73. The second-order valence-electron chi connectivity index (χ2n) is 8.53. The number of hydrogen-bond acceptors (Lipinski definition) is 5. The fraction of sp³-hybridized carbons (Fsp3) is 0.458. The molecule has 2 aliphatic heterocycles. The van der Waals surface area contributed by atoms with Crippen LogP contribution in [0.15, 0.2) is 42.5 Å². The highest BCUT2D eigenvalue weighted by atomic mass is 19.1. The molecular weight excluding hydrogens is 399 g/mol. The van der Waals surface area contributed by atoms with Crippen LogP contribution in [0.2, 0.25) is 0 Å². The first kappa shape index (κ1) is 21.6. The molecule has 0 bridgehead atoms. The molecular formula is C24H29FN2O4. The van der Waals surface area contributed by atoms with Gasteiger partial charge in [0.1, 0.15) is 5.82 Å². The monoisotopic (exact) mass is 428 g/mol. The lowest BCUT2D eigenvalue weighted by Gasteiger charge is -2.36. The van der Waals surface area contributed by atoms with E-state index in [0.717, 1.165) is 25.2 Å². The molecule has 1 amide bonds. The molecule has 0 radical (unpaired) electrons. The van der Waals surface area contributed by atoms with Gasteiger partial charge >= 0.3 is 0 Å². The van der Waals surface area contributed by atoms with Crippen LogP contribution in [-0.4, -0.2) is 61.4 Å². The fourth-order valence-corrected chi connectivity index (χ4v) is 4.02. The molecule has 7 heteroatoms. The van der Waals surface area contributed by atoms with E-state index in [-0.39, 0.29) is 24.6 Å². The van der Waals surface area contributed by atoms with E-state index < -0.39 is 0 Å². The number of morpholine rings is 1. The van der Waals surface area contributed by atoms with Crippen LogP contribution in [0, 0.1) is 11.7 Å². The van der Waals surface area contributed by atoms with Crippen LogP contribution in [0.25, 0.3) is 0 Å². The van der Waals surface area contributed by atoms with E-state index in [0.29, 0.717) is 42.7 Å². The summed E-state index contributed by atoms with van der Waals surface area (Å²) in [6.45, 7) is 8.43. The fourth-order valence-electron chi connectivity index (χ4n) is 4.02. The second kappa shape index (κ2) is 9.66. The number of nitrogens with zero attached hydrogens (tertiary/aromatic N) is 2. The van der Waals surface area contributed by atoms with Crippen molar-refractivity contribution in [3.05, 3.63) is 59.4 Å². The van der Waals surface area contributed by atoms with Crippen molar-refractivity contribution in [3.8, 4) is 11.5 Å². The van der Waals surface area contributed by atoms with Gasteiger partial charge in [0.25, 0.3) is 5.91 Å². The van der Waals surface area contributed by atoms with E-state index in [1.807, 2.05) is 17.0 Å². The van der Waals surface area contributed by atoms with Crippen LogP contribution < -0.4 is 9.47 Å². The summed E-state index contributed by atoms with van der Waals surface area (Å²) in [4.78, 5) is 17.4. The minimum Gasteiger partial charge on any atom is -0.454 e. The SMILES string of the molecule is CC(C)CN(CC1CN(Cc2ccc(F)cc2)CCO1)C(=O)c1ccc2c(c1)OCO2. The standard InChI is InChI=1S/C24H29FN2O4/c1-17(2)12-27(24(28)19-5-8-22-23(11-19)31-16-30-22)15-21-14-26(9-10-29-21)13-18-3-6-20(25)7-4-18/h3-8,11,17,21H,9-10,12-16H2,1-2H3. The predicted molar refractivity (Wildman–Crippen MR) is 115 cm³/mol. The van der Waals surface area contributed by atoms with Gasteiger partial charge in [-0.05, 0) is 41.8 Å². The lowest BCUT2D eigenvalue weighted by molar-refractivity contribution is -0.0438. The average Bonchev–Trinajstić information content (AvgIpc) is 3.22. The zero-order chi connectivity index (χ0) is 21.8. The molecule has 2 aromatic rings. The van der Waals surface area contributed by atoms with Gasteiger partial charge in [0.2, 0.25) is 6.79 Å². The highest BCUT2D eigenvalue weighted by Gasteiger charge is 2.27. The molecule has 1 atom stereocenters. The summed E-state index contributed by atoms with van der Waals surface area (Å²) < 4.78 is 30.0. The third kappa shape index (κ3) is 5.54. The number of benzene rings is 2. The maximum Gasteiger partial charge on any atom is 0.254 e. The molecule has 1 saturated heterocycles. The molecule has 0 aliphatic carbocycles. The molecule has 0 N–H and O–H groups in total. The zero-order valence-electron chi connectivity index (χ0n) is 18.1. The summed E-state index contributed by atoms with van der Waals surface area (Å²) in [5.41, 5.74) is 1.65. The van der Waals surface area contributed by atoms with Crippen LogP contribution >= 0.6 is 0 Å². The van der Waals surface area contributed by atoms with Crippen LogP contribution in [0.1, 0.15) is 29.8 Å². The Morgan fingerprint density at radius 1 is 1.16 bits per heavy atom. The molecule has 6 nitrogen and oxygen atoms in total. The van der Waals surface area contributed by atoms with Crippen molar-refractivity contribution in [1.82, 2.24) is 9.80 Å². The Hall–Kier alpha value is -2.64.